The Bertz CT molecular complexity index is 965. The molecule has 5 N–H and O–H groups in total. The molecule has 0 unspecified atom stereocenters. The zero-order chi connectivity index (χ0) is 19.9. The fourth-order valence-electron chi connectivity index (χ4n) is 2.36. The number of nitrogens with zero attached hydrogens (tertiary/aromatic N) is 2. The van der Waals surface area contributed by atoms with E-state index in [4.69, 9.17) is 22.1 Å². The van der Waals surface area contributed by atoms with Crippen LogP contribution in [0.4, 0.5) is 23.0 Å². The minimum Gasteiger partial charge on any atom is -0.494 e. The first-order valence-corrected chi connectivity index (χ1v) is 8.87. The van der Waals surface area contributed by atoms with Crippen LogP contribution in [0.1, 0.15) is 17.3 Å². The number of aromatic nitrogens is 2. The number of hydrogen-bond donors (Lipinski definition) is 4. The number of benzene rings is 2. The Morgan fingerprint density at radius 3 is 2.54 bits per heavy atom. The van der Waals surface area contributed by atoms with E-state index in [1.165, 1.54) is 6.33 Å². The Morgan fingerprint density at radius 2 is 1.82 bits per heavy atom. The highest BCUT2D eigenvalue weighted by molar-refractivity contribution is 6.33. The summed E-state index contributed by atoms with van der Waals surface area (Å²) in [6, 6.07) is 14.1. The van der Waals surface area contributed by atoms with Crippen molar-refractivity contribution in [2.24, 2.45) is 0 Å². The van der Waals surface area contributed by atoms with Gasteiger partial charge >= 0.3 is 0 Å². The minimum atomic E-state index is -0.412. The molecule has 28 heavy (non-hydrogen) atoms. The highest BCUT2D eigenvalue weighted by atomic mass is 35.5. The van der Waals surface area contributed by atoms with Gasteiger partial charge in [0.05, 0.1) is 17.2 Å². The first-order valence-electron chi connectivity index (χ1n) is 8.49. The van der Waals surface area contributed by atoms with Crippen LogP contribution in [0.25, 0.3) is 0 Å². The number of anilines is 4. The third-order valence-electron chi connectivity index (χ3n) is 3.72. The fourth-order valence-corrected chi connectivity index (χ4v) is 2.58. The highest BCUT2D eigenvalue weighted by Gasteiger charge is 2.12. The van der Waals surface area contributed by atoms with Crippen molar-refractivity contribution >= 4 is 40.5 Å². The number of carbonyl (C=O) groups excluding carboxylic acids is 1. The van der Waals surface area contributed by atoms with Crippen LogP contribution in [-0.2, 0) is 0 Å². The third-order valence-corrected chi connectivity index (χ3v) is 4.05. The Kier molecular flexibility index (Phi) is 6.13. The van der Waals surface area contributed by atoms with Gasteiger partial charge in [-0.15, -0.1) is 0 Å². The van der Waals surface area contributed by atoms with Crippen LogP contribution in [0.3, 0.4) is 0 Å². The number of carbonyl (C=O) groups is 1. The van der Waals surface area contributed by atoms with Gasteiger partial charge in [0.25, 0.3) is 5.91 Å². The SMILES string of the molecule is CCOc1ccc(Nc2ncnc(NNC(=O)c3ccccc3Cl)c2N)cc1. The smallest absolute Gasteiger partial charge is 0.271 e. The van der Waals surface area contributed by atoms with Crippen LogP contribution in [0.5, 0.6) is 5.75 Å². The predicted molar refractivity (Wildman–Crippen MR) is 110 cm³/mol. The summed E-state index contributed by atoms with van der Waals surface area (Å²) in [5, 5.41) is 3.45. The molecule has 2 aromatic carbocycles. The van der Waals surface area contributed by atoms with Crippen molar-refractivity contribution in [3.8, 4) is 5.75 Å². The number of hydrogen-bond acceptors (Lipinski definition) is 7. The summed E-state index contributed by atoms with van der Waals surface area (Å²) < 4.78 is 5.42. The second-order valence-corrected chi connectivity index (χ2v) is 6.03. The summed E-state index contributed by atoms with van der Waals surface area (Å²) in [5.41, 5.74) is 12.7. The van der Waals surface area contributed by atoms with E-state index in [1.807, 2.05) is 31.2 Å². The Balaban J connectivity index is 1.69. The topological polar surface area (TPSA) is 114 Å². The van der Waals surface area contributed by atoms with Gasteiger partial charge in [-0.2, -0.15) is 0 Å². The summed E-state index contributed by atoms with van der Waals surface area (Å²) in [5.74, 6) is 1.01. The van der Waals surface area contributed by atoms with Gasteiger partial charge in [0, 0.05) is 5.69 Å². The van der Waals surface area contributed by atoms with E-state index >= 15 is 0 Å². The van der Waals surface area contributed by atoms with Gasteiger partial charge in [0.15, 0.2) is 11.6 Å². The highest BCUT2D eigenvalue weighted by Crippen LogP contribution is 2.26. The number of nitrogen functional groups attached to an aromatic ring is 1. The average Bonchev–Trinajstić information content (AvgIpc) is 2.70. The molecule has 0 saturated heterocycles. The van der Waals surface area contributed by atoms with Crippen LogP contribution in [0.2, 0.25) is 5.02 Å². The fraction of sp³-hybridized carbons (Fsp3) is 0.105. The molecule has 0 saturated carbocycles. The molecule has 0 radical (unpaired) electrons. The molecule has 0 spiro atoms. The molecule has 3 rings (SSSR count). The van der Waals surface area contributed by atoms with Gasteiger partial charge < -0.3 is 15.8 Å². The number of halogens is 1. The van der Waals surface area contributed by atoms with E-state index in [0.717, 1.165) is 11.4 Å². The standard InChI is InChI=1S/C19H19ClN6O2/c1-2-28-13-9-7-12(8-10-13)24-17-16(21)18(23-11-22-17)25-26-19(27)14-5-3-4-6-15(14)20/h3-11H,2,21H2,1H3,(H,26,27)(H2,22,23,24,25). The van der Waals surface area contributed by atoms with Gasteiger partial charge in [0.2, 0.25) is 0 Å². The number of nitrogens with one attached hydrogen (secondary N) is 3. The molecule has 9 heteroatoms. The van der Waals surface area contributed by atoms with Crippen molar-refractivity contribution in [1.29, 1.82) is 0 Å². The molecule has 0 aliphatic rings. The largest absolute Gasteiger partial charge is 0.494 e. The summed E-state index contributed by atoms with van der Waals surface area (Å²) >= 11 is 6.02. The van der Waals surface area contributed by atoms with E-state index in [2.05, 4.69) is 26.1 Å². The molecule has 144 valence electrons. The quantitative estimate of drug-likeness (QED) is 0.449. The van der Waals surface area contributed by atoms with Crippen LogP contribution < -0.4 is 26.6 Å². The van der Waals surface area contributed by atoms with E-state index in [0.29, 0.717) is 23.0 Å². The number of ether oxygens (including phenoxy) is 1. The molecular formula is C19H19ClN6O2. The lowest BCUT2D eigenvalue weighted by Gasteiger charge is -2.13. The summed E-state index contributed by atoms with van der Waals surface area (Å²) in [6.45, 7) is 2.52. The molecule has 8 nitrogen and oxygen atoms in total. The lowest BCUT2D eigenvalue weighted by atomic mass is 10.2. The normalized spacial score (nSPS) is 10.2. The van der Waals surface area contributed by atoms with E-state index in [-0.39, 0.29) is 11.5 Å². The molecule has 0 bridgehead atoms. The van der Waals surface area contributed by atoms with Gasteiger partial charge in [-0.25, -0.2) is 9.97 Å². The lowest BCUT2D eigenvalue weighted by molar-refractivity contribution is 0.0962. The lowest BCUT2D eigenvalue weighted by Crippen LogP contribution is -2.30. The maximum absolute atomic E-state index is 12.2. The van der Waals surface area contributed by atoms with Crippen molar-refractivity contribution in [3.05, 3.63) is 65.4 Å². The van der Waals surface area contributed by atoms with Crippen LogP contribution in [0, 0.1) is 0 Å². The number of hydrazine groups is 1. The van der Waals surface area contributed by atoms with E-state index in [9.17, 15) is 4.79 Å². The number of amides is 1. The third kappa shape index (κ3) is 4.60. The molecule has 1 amide bonds. The summed E-state index contributed by atoms with van der Waals surface area (Å²) in [7, 11) is 0. The molecule has 1 aromatic heterocycles. The van der Waals surface area contributed by atoms with Crippen molar-refractivity contribution in [1.82, 2.24) is 15.4 Å². The van der Waals surface area contributed by atoms with E-state index < -0.39 is 5.91 Å². The number of nitrogens with two attached hydrogens (primary N) is 1. The van der Waals surface area contributed by atoms with Gasteiger partial charge in [-0.05, 0) is 43.3 Å². The molecule has 0 aliphatic carbocycles. The maximum atomic E-state index is 12.2. The number of rotatable bonds is 7. The molecule has 3 aromatic rings. The average molecular weight is 399 g/mol. The van der Waals surface area contributed by atoms with Crippen LogP contribution in [-0.4, -0.2) is 22.5 Å². The second-order valence-electron chi connectivity index (χ2n) is 5.63. The molecule has 0 atom stereocenters. The van der Waals surface area contributed by atoms with Gasteiger partial charge in [-0.1, -0.05) is 23.7 Å². The Hall–Kier alpha value is -3.52. The minimum absolute atomic E-state index is 0.246. The molecule has 0 aliphatic heterocycles. The molecule has 1 heterocycles. The zero-order valence-corrected chi connectivity index (χ0v) is 15.8. The zero-order valence-electron chi connectivity index (χ0n) is 15.1. The summed E-state index contributed by atoms with van der Waals surface area (Å²) in [4.78, 5) is 20.4. The van der Waals surface area contributed by atoms with Crippen LogP contribution in [0.15, 0.2) is 54.9 Å². The first-order chi connectivity index (χ1) is 13.6. The maximum Gasteiger partial charge on any atom is 0.271 e. The predicted octanol–water partition coefficient (Wildman–Crippen LogP) is 3.61. The van der Waals surface area contributed by atoms with Crippen molar-refractivity contribution < 1.29 is 9.53 Å². The monoisotopic (exact) mass is 398 g/mol. The Labute approximate surface area is 167 Å². The van der Waals surface area contributed by atoms with Crippen molar-refractivity contribution in [3.63, 3.8) is 0 Å². The van der Waals surface area contributed by atoms with Gasteiger partial charge in [-0.3, -0.25) is 15.6 Å². The van der Waals surface area contributed by atoms with E-state index in [1.54, 1.807) is 24.3 Å². The van der Waals surface area contributed by atoms with Crippen molar-refractivity contribution in [2.75, 3.05) is 23.1 Å². The van der Waals surface area contributed by atoms with Gasteiger partial charge in [0.1, 0.15) is 17.8 Å². The molecular weight excluding hydrogens is 380 g/mol. The summed E-state index contributed by atoms with van der Waals surface area (Å²) in [6.07, 6.45) is 1.33. The van der Waals surface area contributed by atoms with Crippen molar-refractivity contribution in [2.45, 2.75) is 6.92 Å². The second kappa shape index (κ2) is 8.92. The molecule has 0 fully saturated rings. The first kappa shape index (κ1) is 19.2. The van der Waals surface area contributed by atoms with Crippen LogP contribution >= 0.6 is 11.6 Å². The Morgan fingerprint density at radius 1 is 1.11 bits per heavy atom.